The molecule has 1 aliphatic carbocycles. The smallest absolute Gasteiger partial charge is 0.123 e. The monoisotopic (exact) mass is 386 g/mol. The van der Waals surface area contributed by atoms with Crippen LogP contribution in [0.3, 0.4) is 0 Å². The van der Waals surface area contributed by atoms with E-state index in [2.05, 4.69) is 36.4 Å². The second-order valence-corrected chi connectivity index (χ2v) is 8.15. The van der Waals surface area contributed by atoms with Gasteiger partial charge in [0.2, 0.25) is 0 Å². The van der Waals surface area contributed by atoms with Gasteiger partial charge in [-0.3, -0.25) is 0 Å². The van der Waals surface area contributed by atoms with Crippen molar-refractivity contribution in [1.82, 2.24) is 0 Å². The Bertz CT molecular complexity index is 994. The lowest BCUT2D eigenvalue weighted by molar-refractivity contribution is 0.185. The topological polar surface area (TPSA) is 38.7 Å². The molecule has 1 heterocycles. The minimum Gasteiger partial charge on any atom is -0.492 e. The maximum atomic E-state index is 10.4. The summed E-state index contributed by atoms with van der Waals surface area (Å²) in [5.41, 5.74) is 5.67. The van der Waals surface area contributed by atoms with E-state index in [-0.39, 0.29) is 6.61 Å². The highest BCUT2D eigenvalue weighted by molar-refractivity contribution is 5.55. The molecule has 3 heteroatoms. The Morgan fingerprint density at radius 1 is 0.897 bits per heavy atom. The second kappa shape index (κ2) is 7.57. The Morgan fingerprint density at radius 3 is 2.34 bits per heavy atom. The molecule has 1 aliphatic heterocycles. The molecule has 2 aliphatic rings. The zero-order chi connectivity index (χ0) is 19.7. The highest BCUT2D eigenvalue weighted by atomic mass is 16.5. The van der Waals surface area contributed by atoms with Crippen molar-refractivity contribution in [2.75, 3.05) is 13.2 Å². The Balaban J connectivity index is 1.41. The van der Waals surface area contributed by atoms with Gasteiger partial charge in [-0.15, -0.1) is 0 Å². The predicted octanol–water partition coefficient (Wildman–Crippen LogP) is 4.82. The molecule has 0 unspecified atom stereocenters. The van der Waals surface area contributed by atoms with Crippen LogP contribution in [0.4, 0.5) is 0 Å². The molecule has 0 aromatic heterocycles. The van der Waals surface area contributed by atoms with E-state index in [0.717, 1.165) is 41.0 Å². The number of aliphatic hydroxyl groups excluding tert-OH is 1. The van der Waals surface area contributed by atoms with Gasteiger partial charge < -0.3 is 14.6 Å². The number of aryl methyl sites for hydroxylation is 2. The number of fused-ring (bicyclic) bond motifs is 2. The normalized spacial score (nSPS) is 19.9. The van der Waals surface area contributed by atoms with E-state index in [1.165, 1.54) is 24.0 Å². The van der Waals surface area contributed by atoms with Crippen LogP contribution in [0.1, 0.15) is 40.7 Å². The zero-order valence-electron chi connectivity index (χ0n) is 16.6. The van der Waals surface area contributed by atoms with Crippen molar-refractivity contribution in [1.29, 1.82) is 0 Å². The first-order chi connectivity index (χ1) is 14.3. The molecule has 1 N–H and O–H groups in total. The molecule has 1 atom stereocenters. The minimum absolute atomic E-state index is 0.0308. The van der Waals surface area contributed by atoms with E-state index in [0.29, 0.717) is 13.2 Å². The second-order valence-electron chi connectivity index (χ2n) is 8.15. The number of hydrogen-bond acceptors (Lipinski definition) is 3. The molecule has 0 fully saturated rings. The highest BCUT2D eigenvalue weighted by Crippen LogP contribution is 2.45. The van der Waals surface area contributed by atoms with Crippen LogP contribution in [0, 0.1) is 0 Å². The third-order valence-electron chi connectivity index (χ3n) is 6.36. The van der Waals surface area contributed by atoms with Crippen LogP contribution < -0.4 is 9.47 Å². The van der Waals surface area contributed by atoms with Crippen molar-refractivity contribution in [2.45, 2.75) is 37.7 Å². The van der Waals surface area contributed by atoms with E-state index in [4.69, 9.17) is 9.47 Å². The fraction of sp³-hybridized carbons (Fsp3) is 0.308. The molecule has 0 radical (unpaired) electrons. The van der Waals surface area contributed by atoms with Gasteiger partial charge in [0, 0.05) is 5.56 Å². The Hall–Kier alpha value is -2.78. The molecular formula is C26H26O3. The summed E-state index contributed by atoms with van der Waals surface area (Å²) in [5.74, 6) is 1.76. The number of hydrogen-bond donors (Lipinski definition) is 1. The van der Waals surface area contributed by atoms with Crippen LogP contribution in [0.2, 0.25) is 0 Å². The number of ether oxygens (including phenoxy) is 2. The molecule has 3 aromatic rings. The van der Waals surface area contributed by atoms with E-state index >= 15 is 0 Å². The molecule has 5 rings (SSSR count). The number of rotatable bonds is 5. The average Bonchev–Trinajstić information content (AvgIpc) is 3.16. The standard InChI is InChI=1S/C26H26O3/c27-17-26(18-29-25-15-21-9-5-4-8-20(21)14-24(25)26)22-10-12-23(13-11-22)28-16-19-6-2-1-3-7-19/h1-3,6-7,10-15,27H,4-5,8-9,16-18H2/t26-/m0/s1. The lowest BCUT2D eigenvalue weighted by atomic mass is 9.75. The molecule has 0 spiro atoms. The van der Waals surface area contributed by atoms with Crippen molar-refractivity contribution in [3.8, 4) is 11.5 Å². The predicted molar refractivity (Wildman–Crippen MR) is 114 cm³/mol. The lowest BCUT2D eigenvalue weighted by Crippen LogP contribution is -2.33. The van der Waals surface area contributed by atoms with Gasteiger partial charge in [-0.2, -0.15) is 0 Å². The van der Waals surface area contributed by atoms with Crippen LogP contribution in [-0.2, 0) is 24.9 Å². The van der Waals surface area contributed by atoms with Gasteiger partial charge in [0.05, 0.1) is 12.0 Å². The highest BCUT2D eigenvalue weighted by Gasteiger charge is 2.42. The molecular weight excluding hydrogens is 360 g/mol. The zero-order valence-corrected chi connectivity index (χ0v) is 16.6. The first-order valence-electron chi connectivity index (χ1n) is 10.5. The largest absolute Gasteiger partial charge is 0.492 e. The lowest BCUT2D eigenvalue weighted by Gasteiger charge is -2.27. The fourth-order valence-corrected chi connectivity index (χ4v) is 4.61. The Morgan fingerprint density at radius 2 is 1.62 bits per heavy atom. The maximum absolute atomic E-state index is 10.4. The van der Waals surface area contributed by atoms with Crippen molar-refractivity contribution in [2.24, 2.45) is 0 Å². The van der Waals surface area contributed by atoms with Crippen LogP contribution in [0.15, 0.2) is 66.7 Å². The van der Waals surface area contributed by atoms with Gasteiger partial charge in [-0.1, -0.05) is 48.5 Å². The van der Waals surface area contributed by atoms with Crippen molar-refractivity contribution in [3.63, 3.8) is 0 Å². The Labute approximate surface area is 171 Å². The number of benzene rings is 3. The van der Waals surface area contributed by atoms with E-state index in [1.807, 2.05) is 30.3 Å². The first-order valence-corrected chi connectivity index (χ1v) is 10.5. The maximum Gasteiger partial charge on any atom is 0.123 e. The molecule has 148 valence electrons. The van der Waals surface area contributed by atoms with E-state index < -0.39 is 5.41 Å². The third kappa shape index (κ3) is 3.30. The van der Waals surface area contributed by atoms with Gasteiger partial charge in [-0.25, -0.2) is 0 Å². The summed E-state index contributed by atoms with van der Waals surface area (Å²) in [7, 11) is 0. The van der Waals surface area contributed by atoms with Gasteiger partial charge in [0.25, 0.3) is 0 Å². The third-order valence-corrected chi connectivity index (χ3v) is 6.36. The quantitative estimate of drug-likeness (QED) is 0.684. The molecule has 29 heavy (non-hydrogen) atoms. The minimum atomic E-state index is -0.500. The summed E-state index contributed by atoms with van der Waals surface area (Å²) >= 11 is 0. The number of aliphatic hydroxyl groups is 1. The van der Waals surface area contributed by atoms with Crippen LogP contribution >= 0.6 is 0 Å². The SMILES string of the molecule is OC[C@@]1(c2ccc(OCc3ccccc3)cc2)COc2cc3c(cc21)CCCC3. The van der Waals surface area contributed by atoms with Crippen molar-refractivity contribution >= 4 is 0 Å². The van der Waals surface area contributed by atoms with Crippen LogP contribution in [0.5, 0.6) is 11.5 Å². The van der Waals surface area contributed by atoms with Gasteiger partial charge >= 0.3 is 0 Å². The molecule has 0 amide bonds. The summed E-state index contributed by atoms with van der Waals surface area (Å²) < 4.78 is 12.0. The molecule has 3 nitrogen and oxygen atoms in total. The summed E-state index contributed by atoms with van der Waals surface area (Å²) in [6.07, 6.45) is 4.75. The molecule has 3 aromatic carbocycles. The van der Waals surface area contributed by atoms with Crippen molar-refractivity contribution < 1.29 is 14.6 Å². The van der Waals surface area contributed by atoms with Gasteiger partial charge in [0.15, 0.2) is 0 Å². The van der Waals surface area contributed by atoms with Crippen LogP contribution in [-0.4, -0.2) is 18.3 Å². The van der Waals surface area contributed by atoms with Gasteiger partial charge in [0.1, 0.15) is 24.7 Å². The van der Waals surface area contributed by atoms with E-state index in [1.54, 1.807) is 0 Å². The molecule has 0 bridgehead atoms. The van der Waals surface area contributed by atoms with Crippen molar-refractivity contribution in [3.05, 3.63) is 94.5 Å². The van der Waals surface area contributed by atoms with Crippen LogP contribution in [0.25, 0.3) is 0 Å². The molecule has 0 saturated carbocycles. The fourth-order valence-electron chi connectivity index (χ4n) is 4.61. The summed E-state index contributed by atoms with van der Waals surface area (Å²) in [6, 6.07) is 22.8. The Kier molecular flexibility index (Phi) is 4.76. The summed E-state index contributed by atoms with van der Waals surface area (Å²) in [4.78, 5) is 0. The summed E-state index contributed by atoms with van der Waals surface area (Å²) in [5, 5.41) is 10.4. The van der Waals surface area contributed by atoms with E-state index in [9.17, 15) is 5.11 Å². The molecule has 0 saturated heterocycles. The average molecular weight is 386 g/mol. The summed E-state index contributed by atoms with van der Waals surface area (Å²) in [6.45, 7) is 1.05. The first kappa shape index (κ1) is 18.3. The van der Waals surface area contributed by atoms with Gasteiger partial charge in [-0.05, 0) is 66.1 Å².